The molecule has 0 spiro atoms. The highest BCUT2D eigenvalue weighted by Crippen LogP contribution is 2.34. The van der Waals surface area contributed by atoms with Crippen LogP contribution in [0.5, 0.6) is 0 Å². The van der Waals surface area contributed by atoms with E-state index in [1.807, 2.05) is 6.07 Å². The molecule has 2 aromatic rings. The molecule has 0 saturated carbocycles. The van der Waals surface area contributed by atoms with E-state index in [1.165, 1.54) is 16.2 Å². The maximum absolute atomic E-state index is 13.5. The summed E-state index contributed by atoms with van der Waals surface area (Å²) >= 11 is 6.71. The molecule has 5 heterocycles. The third kappa shape index (κ3) is 4.63. The van der Waals surface area contributed by atoms with Crippen LogP contribution in [0.3, 0.4) is 0 Å². The Morgan fingerprint density at radius 1 is 1.24 bits per heavy atom. The number of carbonyl (C=O) groups excluding carboxylic acids is 1. The molecule has 2 aromatic heterocycles. The fourth-order valence-electron chi connectivity index (χ4n) is 4.56. The van der Waals surface area contributed by atoms with Gasteiger partial charge in [0.05, 0.1) is 29.7 Å². The van der Waals surface area contributed by atoms with Crippen LogP contribution >= 0.6 is 24.0 Å². The SMILES string of the molecule is O=C1/C(=C\c2c(N3CCN(CCO)CC3)nc3ccccn3c2=O)SC(=S)N1CC1CCCO1. The molecular weight excluding hydrogens is 474 g/mol. The highest BCUT2D eigenvalue weighted by molar-refractivity contribution is 8.26. The average Bonchev–Trinajstić information content (AvgIpc) is 3.45. The third-order valence-corrected chi connectivity index (χ3v) is 7.77. The van der Waals surface area contributed by atoms with Gasteiger partial charge >= 0.3 is 0 Å². The Morgan fingerprint density at radius 2 is 2.06 bits per heavy atom. The molecule has 3 aliphatic rings. The maximum Gasteiger partial charge on any atom is 0.267 e. The van der Waals surface area contributed by atoms with Gasteiger partial charge in [-0.3, -0.25) is 23.8 Å². The number of aromatic nitrogens is 2. The minimum absolute atomic E-state index is 0.000544. The van der Waals surface area contributed by atoms with Crippen molar-refractivity contribution in [1.29, 1.82) is 0 Å². The summed E-state index contributed by atoms with van der Waals surface area (Å²) in [4.78, 5) is 37.8. The van der Waals surface area contributed by atoms with Crippen molar-refractivity contribution >= 4 is 51.7 Å². The van der Waals surface area contributed by atoms with E-state index in [9.17, 15) is 14.7 Å². The van der Waals surface area contributed by atoms with Crippen molar-refractivity contribution in [3.63, 3.8) is 0 Å². The normalized spacial score (nSPS) is 23.1. The van der Waals surface area contributed by atoms with Crippen molar-refractivity contribution in [1.82, 2.24) is 19.2 Å². The lowest BCUT2D eigenvalue weighted by atomic mass is 10.2. The number of thioether (sulfide) groups is 1. The Labute approximate surface area is 207 Å². The first-order chi connectivity index (χ1) is 16.5. The quantitative estimate of drug-likeness (QED) is 0.463. The van der Waals surface area contributed by atoms with Gasteiger partial charge in [-0.15, -0.1) is 0 Å². The molecule has 0 aliphatic carbocycles. The summed E-state index contributed by atoms with van der Waals surface area (Å²) in [6.07, 6.45) is 5.25. The molecule has 5 rings (SSSR count). The number of amides is 1. The molecule has 1 N–H and O–H groups in total. The summed E-state index contributed by atoms with van der Waals surface area (Å²) in [5.74, 6) is 0.381. The van der Waals surface area contributed by atoms with Gasteiger partial charge in [0, 0.05) is 45.5 Å². The van der Waals surface area contributed by atoms with Gasteiger partial charge in [-0.05, 0) is 31.1 Å². The van der Waals surface area contributed by atoms with Crippen molar-refractivity contribution in [2.45, 2.75) is 18.9 Å². The number of aliphatic hydroxyl groups is 1. The monoisotopic (exact) mass is 501 g/mol. The zero-order chi connectivity index (χ0) is 23.7. The Morgan fingerprint density at radius 3 is 2.79 bits per heavy atom. The minimum atomic E-state index is -0.220. The summed E-state index contributed by atoms with van der Waals surface area (Å²) in [5.41, 5.74) is 0.725. The van der Waals surface area contributed by atoms with Gasteiger partial charge in [-0.2, -0.15) is 0 Å². The number of hydrogen-bond donors (Lipinski definition) is 1. The molecule has 3 saturated heterocycles. The number of nitrogens with zero attached hydrogens (tertiary/aromatic N) is 5. The zero-order valence-corrected chi connectivity index (χ0v) is 20.4. The van der Waals surface area contributed by atoms with E-state index in [2.05, 4.69) is 9.80 Å². The lowest BCUT2D eigenvalue weighted by Gasteiger charge is -2.35. The van der Waals surface area contributed by atoms with Crippen LogP contribution in [0.15, 0.2) is 34.1 Å². The van der Waals surface area contributed by atoms with E-state index in [4.69, 9.17) is 21.9 Å². The Hall–Kier alpha value is -2.31. The van der Waals surface area contributed by atoms with Gasteiger partial charge in [0.25, 0.3) is 11.5 Å². The lowest BCUT2D eigenvalue weighted by Crippen LogP contribution is -2.48. The van der Waals surface area contributed by atoms with Gasteiger partial charge in [0.2, 0.25) is 0 Å². The van der Waals surface area contributed by atoms with Crippen LogP contribution in [0, 0.1) is 0 Å². The minimum Gasteiger partial charge on any atom is -0.395 e. The number of carbonyl (C=O) groups is 1. The zero-order valence-electron chi connectivity index (χ0n) is 18.8. The topological polar surface area (TPSA) is 90.6 Å². The molecular formula is C23H27N5O4S2. The summed E-state index contributed by atoms with van der Waals surface area (Å²) < 4.78 is 7.68. The van der Waals surface area contributed by atoms with Crippen LogP contribution in [-0.2, 0) is 9.53 Å². The van der Waals surface area contributed by atoms with Gasteiger partial charge in [0.15, 0.2) is 0 Å². The van der Waals surface area contributed by atoms with Crippen LogP contribution in [0.2, 0.25) is 0 Å². The lowest BCUT2D eigenvalue weighted by molar-refractivity contribution is -0.123. The molecule has 0 aromatic carbocycles. The summed E-state index contributed by atoms with van der Waals surface area (Å²) in [5, 5.41) is 9.24. The van der Waals surface area contributed by atoms with Crippen LogP contribution in [0.4, 0.5) is 5.82 Å². The molecule has 180 valence electrons. The van der Waals surface area contributed by atoms with Crippen LogP contribution < -0.4 is 10.5 Å². The number of anilines is 1. The largest absolute Gasteiger partial charge is 0.395 e. The predicted molar refractivity (Wildman–Crippen MR) is 136 cm³/mol. The van der Waals surface area contributed by atoms with Gasteiger partial charge in [-0.25, -0.2) is 4.98 Å². The number of fused-ring (bicyclic) bond motifs is 1. The molecule has 3 aliphatic heterocycles. The number of pyridine rings is 1. The number of hydrogen-bond acceptors (Lipinski definition) is 9. The molecule has 11 heteroatoms. The number of ether oxygens (including phenoxy) is 1. The molecule has 0 radical (unpaired) electrons. The summed E-state index contributed by atoms with van der Waals surface area (Å²) in [6, 6.07) is 5.44. The number of thiocarbonyl (C=S) groups is 1. The molecule has 34 heavy (non-hydrogen) atoms. The Kier molecular flexibility index (Phi) is 6.98. The highest BCUT2D eigenvalue weighted by Gasteiger charge is 2.35. The van der Waals surface area contributed by atoms with E-state index >= 15 is 0 Å². The molecule has 1 unspecified atom stereocenters. The first-order valence-corrected chi connectivity index (χ1v) is 12.7. The molecule has 0 bridgehead atoms. The second-order valence-electron chi connectivity index (χ2n) is 8.56. The van der Waals surface area contributed by atoms with E-state index in [0.29, 0.717) is 59.0 Å². The van der Waals surface area contributed by atoms with Crippen molar-refractivity contribution in [2.75, 3.05) is 57.4 Å². The third-order valence-electron chi connectivity index (χ3n) is 6.40. The standard InChI is InChI=1S/C23H27N5O4S2/c29-12-11-25-7-9-26(10-8-25)20-17(21(30)27-6-2-1-5-19(27)24-20)14-18-22(31)28(23(33)34-18)15-16-4-3-13-32-16/h1-2,5-6,14,16,29H,3-4,7-13,15H2/b18-14+. The van der Waals surface area contributed by atoms with Crippen molar-refractivity contribution < 1.29 is 14.6 Å². The predicted octanol–water partition coefficient (Wildman–Crippen LogP) is 1.19. The molecule has 9 nitrogen and oxygen atoms in total. The molecule has 3 fully saturated rings. The maximum atomic E-state index is 13.5. The van der Waals surface area contributed by atoms with Crippen molar-refractivity contribution in [3.05, 3.63) is 45.2 Å². The number of aliphatic hydroxyl groups excluding tert-OH is 1. The van der Waals surface area contributed by atoms with E-state index in [-0.39, 0.29) is 24.2 Å². The Bertz CT molecular complexity index is 1190. The highest BCUT2D eigenvalue weighted by atomic mass is 32.2. The number of rotatable bonds is 6. The first-order valence-electron chi connectivity index (χ1n) is 11.5. The fourth-order valence-corrected chi connectivity index (χ4v) is 5.82. The van der Waals surface area contributed by atoms with Gasteiger partial charge < -0.3 is 14.7 Å². The van der Waals surface area contributed by atoms with E-state index < -0.39 is 0 Å². The number of β-amino-alcohol motifs (C(OH)–C–C–N with tert-alkyl or cyclic N) is 1. The fraction of sp³-hybridized carbons (Fsp3) is 0.478. The van der Waals surface area contributed by atoms with Gasteiger partial charge in [-0.1, -0.05) is 30.0 Å². The second-order valence-corrected chi connectivity index (χ2v) is 10.2. The van der Waals surface area contributed by atoms with Crippen LogP contribution in [0.1, 0.15) is 18.4 Å². The van der Waals surface area contributed by atoms with Gasteiger partial charge in [0.1, 0.15) is 15.8 Å². The molecule has 1 amide bonds. The Balaban J connectivity index is 1.49. The van der Waals surface area contributed by atoms with Crippen LogP contribution in [-0.4, -0.2) is 93.1 Å². The van der Waals surface area contributed by atoms with Crippen molar-refractivity contribution in [3.8, 4) is 0 Å². The summed E-state index contributed by atoms with van der Waals surface area (Å²) in [7, 11) is 0. The van der Waals surface area contributed by atoms with E-state index in [1.54, 1.807) is 29.3 Å². The van der Waals surface area contributed by atoms with E-state index in [0.717, 1.165) is 25.9 Å². The average molecular weight is 502 g/mol. The van der Waals surface area contributed by atoms with Crippen LogP contribution in [0.25, 0.3) is 11.7 Å². The second kappa shape index (κ2) is 10.1. The summed E-state index contributed by atoms with van der Waals surface area (Å²) in [6.45, 7) is 4.78. The number of piperazine rings is 1. The van der Waals surface area contributed by atoms with Crippen molar-refractivity contribution in [2.24, 2.45) is 0 Å². The smallest absolute Gasteiger partial charge is 0.267 e. The molecule has 1 atom stereocenters. The first kappa shape index (κ1) is 23.4.